The van der Waals surface area contributed by atoms with Gasteiger partial charge in [-0.1, -0.05) is 0 Å². The van der Waals surface area contributed by atoms with Gasteiger partial charge < -0.3 is 48.6 Å². The van der Waals surface area contributed by atoms with Gasteiger partial charge in [0.1, 0.15) is 18.1 Å². The van der Waals surface area contributed by atoms with Crippen LogP contribution in [0, 0.1) is 0 Å². The highest BCUT2D eigenvalue weighted by Gasteiger charge is 2.39. The van der Waals surface area contributed by atoms with Crippen molar-refractivity contribution in [1.82, 2.24) is 25.5 Å². The lowest BCUT2D eigenvalue weighted by molar-refractivity contribution is -0.145. The molecular formula is C22H36N10O6. The molecule has 0 radical (unpaired) electrons. The van der Waals surface area contributed by atoms with E-state index in [-0.39, 0.29) is 44.7 Å². The van der Waals surface area contributed by atoms with Crippen molar-refractivity contribution in [3.8, 4) is 0 Å². The molecule has 0 aliphatic carbocycles. The fourth-order valence-corrected chi connectivity index (χ4v) is 4.08. The predicted molar refractivity (Wildman–Crippen MR) is 135 cm³/mol. The summed E-state index contributed by atoms with van der Waals surface area (Å²) < 4.78 is 0. The van der Waals surface area contributed by atoms with Crippen LogP contribution in [-0.4, -0.2) is 92.8 Å². The topological polar surface area (TPSA) is 278 Å². The molecule has 38 heavy (non-hydrogen) atoms. The number of carboxylic acid groups (broad SMARTS) is 1. The number of aliphatic carboxylic acids is 1. The first-order valence-corrected chi connectivity index (χ1v) is 12.2. The Labute approximate surface area is 219 Å². The molecule has 2 heterocycles. The Morgan fingerprint density at radius 3 is 2.50 bits per heavy atom. The number of aliphatic imine (C=N–C) groups is 1. The standard InChI is InChI=1S/C22H36N10O6/c23-13(9-12-10-27-11-29-12)18(34)30-14(5-6-17(24)33)20(36)32-8-2-4-16(32)19(35)31-15(21(37)38)3-1-7-28-22(25)26/h10-11,13-16H,1-9,23H2,(H2,24,33)(H,27,29)(H,30,34)(H,31,35)(H,37,38)(H4,25,26,28). The Morgan fingerprint density at radius 1 is 1.16 bits per heavy atom. The van der Waals surface area contributed by atoms with Gasteiger partial charge in [0.05, 0.1) is 12.4 Å². The number of hydrogen-bond acceptors (Lipinski definition) is 8. The van der Waals surface area contributed by atoms with Crippen molar-refractivity contribution in [1.29, 1.82) is 0 Å². The van der Waals surface area contributed by atoms with Crippen LogP contribution in [0.5, 0.6) is 0 Å². The second-order valence-corrected chi connectivity index (χ2v) is 8.99. The number of H-pyrrole nitrogens is 1. The van der Waals surface area contributed by atoms with Gasteiger partial charge in [-0.3, -0.25) is 24.2 Å². The highest BCUT2D eigenvalue weighted by atomic mass is 16.4. The summed E-state index contributed by atoms with van der Waals surface area (Å²) in [6.07, 6.45) is 3.98. The lowest BCUT2D eigenvalue weighted by Gasteiger charge is -2.30. The molecule has 16 nitrogen and oxygen atoms in total. The second-order valence-electron chi connectivity index (χ2n) is 8.99. The normalized spacial score (nSPS) is 17.2. The number of amides is 4. The number of nitrogens with zero attached hydrogens (tertiary/aromatic N) is 3. The molecule has 4 amide bonds. The third-order valence-electron chi connectivity index (χ3n) is 6.02. The minimum absolute atomic E-state index is 0.0734. The van der Waals surface area contributed by atoms with Crippen LogP contribution >= 0.6 is 0 Å². The van der Waals surface area contributed by atoms with Crippen molar-refractivity contribution in [2.24, 2.45) is 27.9 Å². The third kappa shape index (κ3) is 9.34. The Bertz CT molecular complexity index is 1010. The van der Waals surface area contributed by atoms with Gasteiger partial charge in [-0.25, -0.2) is 9.78 Å². The summed E-state index contributed by atoms with van der Waals surface area (Å²) >= 11 is 0. The van der Waals surface area contributed by atoms with Crippen LogP contribution in [0.1, 0.15) is 44.2 Å². The fraction of sp³-hybridized carbons (Fsp3) is 0.591. The molecule has 12 N–H and O–H groups in total. The van der Waals surface area contributed by atoms with Crippen LogP contribution in [0.4, 0.5) is 0 Å². The quantitative estimate of drug-likeness (QED) is 0.0626. The molecule has 1 aliphatic rings. The molecule has 0 bridgehead atoms. The molecule has 0 spiro atoms. The minimum Gasteiger partial charge on any atom is -0.480 e. The molecule has 0 aromatic carbocycles. The number of primary amides is 1. The lowest BCUT2D eigenvalue weighted by Crippen LogP contribution is -2.57. The Hall–Kier alpha value is -4.21. The van der Waals surface area contributed by atoms with Gasteiger partial charge >= 0.3 is 5.97 Å². The third-order valence-corrected chi connectivity index (χ3v) is 6.02. The Balaban J connectivity index is 2.07. The van der Waals surface area contributed by atoms with E-state index in [9.17, 15) is 29.1 Å². The number of hydrogen-bond donors (Lipinski definition) is 8. The molecule has 1 saturated heterocycles. The predicted octanol–water partition coefficient (Wildman–Crippen LogP) is -3.36. The summed E-state index contributed by atoms with van der Waals surface area (Å²) in [6.45, 7) is 0.405. The van der Waals surface area contributed by atoms with Crippen LogP contribution in [0.3, 0.4) is 0 Å². The molecule has 2 rings (SSSR count). The average Bonchev–Trinajstić information content (AvgIpc) is 3.54. The largest absolute Gasteiger partial charge is 0.480 e. The minimum atomic E-state index is -1.24. The van der Waals surface area contributed by atoms with E-state index in [4.69, 9.17) is 22.9 Å². The maximum atomic E-state index is 13.4. The number of rotatable bonds is 15. The van der Waals surface area contributed by atoms with Gasteiger partial charge in [0.2, 0.25) is 23.6 Å². The van der Waals surface area contributed by atoms with Crippen LogP contribution in [0.25, 0.3) is 0 Å². The molecule has 4 atom stereocenters. The van der Waals surface area contributed by atoms with Gasteiger partial charge in [-0.2, -0.15) is 0 Å². The van der Waals surface area contributed by atoms with Crippen LogP contribution in [0.15, 0.2) is 17.5 Å². The highest BCUT2D eigenvalue weighted by Crippen LogP contribution is 2.20. The van der Waals surface area contributed by atoms with E-state index in [0.29, 0.717) is 25.0 Å². The molecule has 1 aromatic rings. The Morgan fingerprint density at radius 2 is 1.89 bits per heavy atom. The van der Waals surface area contributed by atoms with E-state index < -0.39 is 53.8 Å². The van der Waals surface area contributed by atoms with E-state index in [1.54, 1.807) is 0 Å². The summed E-state index contributed by atoms with van der Waals surface area (Å²) in [5.74, 6) is -3.89. The number of imidazole rings is 1. The van der Waals surface area contributed by atoms with E-state index in [2.05, 4.69) is 25.6 Å². The first-order valence-electron chi connectivity index (χ1n) is 12.2. The zero-order valence-corrected chi connectivity index (χ0v) is 21.0. The van der Waals surface area contributed by atoms with Gasteiger partial charge in [0.15, 0.2) is 5.96 Å². The SMILES string of the molecule is NC(=O)CCC(NC(=O)C(N)Cc1cnc[nH]1)C(=O)N1CCCC1C(=O)NC(CCCN=C(N)N)C(=O)O. The van der Waals surface area contributed by atoms with Crippen molar-refractivity contribution in [3.63, 3.8) is 0 Å². The summed E-state index contributed by atoms with van der Waals surface area (Å²) in [6, 6.07) is -4.33. The van der Waals surface area contributed by atoms with Crippen LogP contribution < -0.4 is 33.6 Å². The maximum Gasteiger partial charge on any atom is 0.326 e. The number of nitrogens with one attached hydrogen (secondary N) is 3. The van der Waals surface area contributed by atoms with E-state index in [1.807, 2.05) is 0 Å². The van der Waals surface area contributed by atoms with Gasteiger partial charge in [-0.05, 0) is 32.1 Å². The number of nitrogens with two attached hydrogens (primary N) is 4. The lowest BCUT2D eigenvalue weighted by atomic mass is 10.1. The van der Waals surface area contributed by atoms with E-state index in [1.165, 1.54) is 17.4 Å². The van der Waals surface area contributed by atoms with E-state index in [0.717, 1.165) is 0 Å². The summed E-state index contributed by atoms with van der Waals surface area (Å²) in [4.78, 5) is 73.9. The van der Waals surface area contributed by atoms with Gasteiger partial charge in [0, 0.05) is 37.8 Å². The van der Waals surface area contributed by atoms with Crippen LogP contribution in [0.2, 0.25) is 0 Å². The number of likely N-dealkylation sites (tertiary alicyclic amines) is 1. The zero-order valence-electron chi connectivity index (χ0n) is 21.0. The smallest absolute Gasteiger partial charge is 0.326 e. The summed E-state index contributed by atoms with van der Waals surface area (Å²) in [7, 11) is 0. The molecular weight excluding hydrogens is 500 g/mol. The number of guanidine groups is 1. The molecule has 1 aliphatic heterocycles. The number of carboxylic acids is 1. The molecule has 0 saturated carbocycles. The first kappa shape index (κ1) is 30.0. The van der Waals surface area contributed by atoms with Crippen molar-refractivity contribution in [2.45, 2.75) is 69.1 Å². The highest BCUT2D eigenvalue weighted by molar-refractivity contribution is 5.94. The molecule has 1 fully saturated rings. The average molecular weight is 537 g/mol. The fourth-order valence-electron chi connectivity index (χ4n) is 4.08. The van der Waals surface area contributed by atoms with Gasteiger partial charge in [-0.15, -0.1) is 0 Å². The maximum absolute atomic E-state index is 13.4. The Kier molecular flexibility index (Phi) is 11.5. The summed E-state index contributed by atoms with van der Waals surface area (Å²) in [5.41, 5.74) is 22.4. The van der Waals surface area contributed by atoms with Crippen molar-refractivity contribution < 1.29 is 29.1 Å². The van der Waals surface area contributed by atoms with Crippen molar-refractivity contribution >= 4 is 35.6 Å². The monoisotopic (exact) mass is 536 g/mol. The zero-order chi connectivity index (χ0) is 28.2. The number of carbonyl (C=O) groups excluding carboxylic acids is 4. The van der Waals surface area contributed by atoms with Crippen molar-refractivity contribution in [2.75, 3.05) is 13.1 Å². The van der Waals surface area contributed by atoms with E-state index >= 15 is 0 Å². The molecule has 4 unspecified atom stereocenters. The second kappa shape index (κ2) is 14.5. The van der Waals surface area contributed by atoms with Crippen molar-refractivity contribution in [3.05, 3.63) is 18.2 Å². The molecule has 210 valence electrons. The number of aromatic amines is 1. The summed E-state index contributed by atoms with van der Waals surface area (Å²) in [5, 5.41) is 14.5. The molecule has 1 aromatic heterocycles. The molecule has 16 heteroatoms. The number of carbonyl (C=O) groups is 5. The van der Waals surface area contributed by atoms with Crippen LogP contribution in [-0.2, 0) is 30.4 Å². The first-order chi connectivity index (χ1) is 18.0. The van der Waals surface area contributed by atoms with Gasteiger partial charge in [0.25, 0.3) is 0 Å². The number of aromatic nitrogens is 2.